The second-order valence-electron chi connectivity index (χ2n) is 1.57. The van der Waals surface area contributed by atoms with Crippen molar-refractivity contribution in [1.29, 1.82) is 5.26 Å². The molecule has 0 spiro atoms. The van der Waals surface area contributed by atoms with Gasteiger partial charge in [-0.3, -0.25) is 0 Å². The van der Waals surface area contributed by atoms with Gasteiger partial charge >= 0.3 is 0 Å². The average molecular weight is 217 g/mol. The van der Waals surface area contributed by atoms with Crippen molar-refractivity contribution in [2.24, 2.45) is 0 Å². The van der Waals surface area contributed by atoms with Crippen molar-refractivity contribution in [2.45, 2.75) is 0 Å². The summed E-state index contributed by atoms with van der Waals surface area (Å²) in [6, 6.07) is 3.59. The van der Waals surface area contributed by atoms with Crippen LogP contribution in [-0.4, -0.2) is 4.98 Å². The third kappa shape index (κ3) is 1.28. The van der Waals surface area contributed by atoms with E-state index < -0.39 is 0 Å². The van der Waals surface area contributed by atoms with Crippen molar-refractivity contribution in [2.75, 3.05) is 0 Å². The summed E-state index contributed by atoms with van der Waals surface area (Å²) in [5.41, 5.74) is 0.379. The molecule has 0 saturated carbocycles. The smallest absolute Gasteiger partial charge is 0.147 e. The highest BCUT2D eigenvalue weighted by molar-refractivity contribution is 9.10. The second kappa shape index (κ2) is 3.00. The van der Waals surface area contributed by atoms with Crippen molar-refractivity contribution in [3.8, 4) is 6.07 Å². The van der Waals surface area contributed by atoms with E-state index in [0.717, 1.165) is 0 Å². The zero-order valence-corrected chi connectivity index (χ0v) is 7.15. The molecule has 0 aliphatic heterocycles. The Balaban J connectivity index is 3.34. The summed E-state index contributed by atoms with van der Waals surface area (Å²) in [6.07, 6.45) is 1.53. The Kier molecular flexibility index (Phi) is 2.25. The lowest BCUT2D eigenvalue weighted by molar-refractivity contribution is 1.29. The quantitative estimate of drug-likeness (QED) is 0.626. The van der Waals surface area contributed by atoms with E-state index in [4.69, 9.17) is 16.9 Å². The second-order valence-corrected chi connectivity index (χ2v) is 2.78. The van der Waals surface area contributed by atoms with Gasteiger partial charge in [-0.1, -0.05) is 11.6 Å². The molecule has 0 amide bonds. The van der Waals surface area contributed by atoms with Gasteiger partial charge in [0.2, 0.25) is 0 Å². The van der Waals surface area contributed by atoms with Crippen molar-refractivity contribution < 1.29 is 0 Å². The largest absolute Gasteiger partial charge is 0.243 e. The van der Waals surface area contributed by atoms with Gasteiger partial charge in [0.05, 0.1) is 0 Å². The molecule has 50 valence electrons. The minimum absolute atomic E-state index is 0.233. The van der Waals surface area contributed by atoms with Crippen LogP contribution in [-0.2, 0) is 0 Å². The lowest BCUT2D eigenvalue weighted by Crippen LogP contribution is -1.81. The van der Waals surface area contributed by atoms with Crippen LogP contribution in [0.15, 0.2) is 16.7 Å². The number of hydrogen-bond donors (Lipinski definition) is 0. The fraction of sp³-hybridized carbons (Fsp3) is 0. The number of hydrogen-bond acceptors (Lipinski definition) is 2. The van der Waals surface area contributed by atoms with Crippen LogP contribution in [0.5, 0.6) is 0 Å². The lowest BCUT2D eigenvalue weighted by Gasteiger charge is -1.93. The molecule has 1 aromatic heterocycles. The van der Waals surface area contributed by atoms with Gasteiger partial charge in [-0.15, -0.1) is 0 Å². The van der Waals surface area contributed by atoms with E-state index in [0.29, 0.717) is 10.0 Å². The van der Waals surface area contributed by atoms with Gasteiger partial charge < -0.3 is 0 Å². The Morgan fingerprint density at radius 2 is 2.40 bits per heavy atom. The van der Waals surface area contributed by atoms with E-state index in [9.17, 15) is 0 Å². The fourth-order valence-corrected chi connectivity index (χ4v) is 1.22. The zero-order chi connectivity index (χ0) is 7.56. The highest BCUT2D eigenvalue weighted by Gasteiger charge is 2.02. The van der Waals surface area contributed by atoms with Gasteiger partial charge in [-0.05, 0) is 22.0 Å². The Morgan fingerprint density at radius 1 is 1.70 bits per heavy atom. The summed E-state index contributed by atoms with van der Waals surface area (Å²) in [5, 5.41) is 8.73. The molecular weight excluding hydrogens is 215 g/mol. The first-order chi connectivity index (χ1) is 4.75. The Morgan fingerprint density at radius 3 is 2.80 bits per heavy atom. The monoisotopic (exact) mass is 216 g/mol. The highest BCUT2D eigenvalue weighted by atomic mass is 79.9. The van der Waals surface area contributed by atoms with E-state index in [1.165, 1.54) is 6.20 Å². The normalized spacial score (nSPS) is 8.90. The molecule has 0 unspecified atom stereocenters. The third-order valence-electron chi connectivity index (χ3n) is 0.966. The molecule has 1 aromatic rings. The van der Waals surface area contributed by atoms with E-state index in [2.05, 4.69) is 20.9 Å². The van der Waals surface area contributed by atoms with Crippen LogP contribution in [0.4, 0.5) is 0 Å². The maximum atomic E-state index is 8.49. The zero-order valence-electron chi connectivity index (χ0n) is 4.81. The molecule has 4 heteroatoms. The van der Waals surface area contributed by atoms with Crippen LogP contribution in [0.25, 0.3) is 0 Å². The third-order valence-corrected chi connectivity index (χ3v) is 1.91. The number of halogens is 2. The van der Waals surface area contributed by atoms with Crippen LogP contribution in [0.1, 0.15) is 5.56 Å². The summed E-state index contributed by atoms with van der Waals surface area (Å²) in [7, 11) is 0. The average Bonchev–Trinajstić information content (AvgIpc) is 1.88. The number of nitrogens with zero attached hydrogens (tertiary/aromatic N) is 2. The first kappa shape index (κ1) is 7.52. The molecule has 0 aliphatic carbocycles. The molecule has 0 aliphatic rings. The van der Waals surface area contributed by atoms with Gasteiger partial charge in [0, 0.05) is 10.7 Å². The summed E-state index contributed by atoms with van der Waals surface area (Å²) < 4.78 is 0.676. The van der Waals surface area contributed by atoms with Crippen LogP contribution in [0.3, 0.4) is 0 Å². The van der Waals surface area contributed by atoms with Crippen LogP contribution in [0.2, 0.25) is 5.15 Å². The standard InChI is InChI=1S/C6H2BrClN2/c7-5-1-2-10-6(8)4(5)3-9/h1-2H. The summed E-state index contributed by atoms with van der Waals surface area (Å²) in [4.78, 5) is 3.72. The van der Waals surface area contributed by atoms with Crippen molar-refractivity contribution in [3.05, 3.63) is 27.5 Å². The summed E-state index contributed by atoms with van der Waals surface area (Å²) in [6.45, 7) is 0. The predicted octanol–water partition coefficient (Wildman–Crippen LogP) is 2.37. The van der Waals surface area contributed by atoms with Crippen LogP contribution < -0.4 is 0 Å². The highest BCUT2D eigenvalue weighted by Crippen LogP contribution is 2.20. The van der Waals surface area contributed by atoms with Gasteiger partial charge in [0.25, 0.3) is 0 Å². The number of pyridine rings is 1. The summed E-state index contributed by atoms with van der Waals surface area (Å²) in [5.74, 6) is 0. The summed E-state index contributed by atoms with van der Waals surface area (Å²) >= 11 is 8.73. The molecular formula is C6H2BrClN2. The first-order valence-corrected chi connectivity index (χ1v) is 3.63. The van der Waals surface area contributed by atoms with E-state index >= 15 is 0 Å². The van der Waals surface area contributed by atoms with Crippen molar-refractivity contribution in [3.63, 3.8) is 0 Å². The van der Waals surface area contributed by atoms with Gasteiger partial charge in [0.1, 0.15) is 16.8 Å². The molecule has 10 heavy (non-hydrogen) atoms. The Labute approximate surface area is 71.6 Å². The molecule has 0 aromatic carbocycles. The fourth-order valence-electron chi connectivity index (χ4n) is 0.514. The van der Waals surface area contributed by atoms with Crippen LogP contribution in [0, 0.1) is 11.3 Å². The van der Waals surface area contributed by atoms with Gasteiger partial charge in [-0.2, -0.15) is 5.26 Å². The molecule has 1 heterocycles. The van der Waals surface area contributed by atoms with Crippen molar-refractivity contribution >= 4 is 27.5 Å². The van der Waals surface area contributed by atoms with Gasteiger partial charge in [0.15, 0.2) is 0 Å². The lowest BCUT2D eigenvalue weighted by atomic mass is 10.3. The molecule has 0 radical (unpaired) electrons. The van der Waals surface area contributed by atoms with Gasteiger partial charge in [-0.25, -0.2) is 4.98 Å². The molecule has 2 nitrogen and oxygen atoms in total. The Bertz CT molecular complexity index is 272. The van der Waals surface area contributed by atoms with Crippen LogP contribution >= 0.6 is 27.5 Å². The topological polar surface area (TPSA) is 36.7 Å². The first-order valence-electron chi connectivity index (χ1n) is 2.46. The maximum absolute atomic E-state index is 8.49. The molecule has 0 N–H and O–H groups in total. The molecule has 0 bridgehead atoms. The molecule has 0 fully saturated rings. The number of rotatable bonds is 0. The SMILES string of the molecule is N#Cc1c(Br)ccnc1Cl. The number of aromatic nitrogens is 1. The molecule has 0 atom stereocenters. The molecule has 1 rings (SSSR count). The Hall–Kier alpha value is -0.590. The van der Waals surface area contributed by atoms with E-state index in [-0.39, 0.29) is 5.15 Å². The van der Waals surface area contributed by atoms with E-state index in [1.807, 2.05) is 6.07 Å². The van der Waals surface area contributed by atoms with E-state index in [1.54, 1.807) is 6.07 Å². The predicted molar refractivity (Wildman–Crippen MR) is 41.7 cm³/mol. The number of nitriles is 1. The molecule has 0 saturated heterocycles. The van der Waals surface area contributed by atoms with Crippen molar-refractivity contribution in [1.82, 2.24) is 4.98 Å². The minimum Gasteiger partial charge on any atom is -0.243 e. The minimum atomic E-state index is 0.233. The maximum Gasteiger partial charge on any atom is 0.147 e.